The van der Waals surface area contributed by atoms with Crippen LogP contribution in [0, 0.1) is 0 Å². The highest BCUT2D eigenvalue weighted by atomic mass is 16.5. The van der Waals surface area contributed by atoms with Gasteiger partial charge >= 0.3 is 5.97 Å². The second-order valence-electron chi connectivity index (χ2n) is 6.74. The van der Waals surface area contributed by atoms with E-state index in [0.717, 1.165) is 5.56 Å². The lowest BCUT2D eigenvalue weighted by atomic mass is 9.87. The van der Waals surface area contributed by atoms with Crippen LogP contribution in [0.3, 0.4) is 0 Å². The lowest BCUT2D eigenvalue weighted by molar-refractivity contribution is -0.140. The number of benzene rings is 2. The summed E-state index contributed by atoms with van der Waals surface area (Å²) in [5.74, 6) is -0.925. The predicted octanol–water partition coefficient (Wildman–Crippen LogP) is 2.71. The molecule has 2 aromatic carbocycles. The van der Waals surface area contributed by atoms with E-state index in [-0.39, 0.29) is 29.2 Å². The van der Waals surface area contributed by atoms with E-state index in [2.05, 4.69) is 10.2 Å². The number of carbonyl (C=O) groups is 1. The zero-order chi connectivity index (χ0) is 21.7. The van der Waals surface area contributed by atoms with Crippen molar-refractivity contribution in [3.63, 3.8) is 0 Å². The van der Waals surface area contributed by atoms with Crippen molar-refractivity contribution < 1.29 is 24.1 Å². The lowest BCUT2D eigenvalue weighted by Crippen LogP contribution is -2.18. The fraction of sp³-hybridized carbons (Fsp3) is 0.273. The van der Waals surface area contributed by atoms with Gasteiger partial charge in [-0.15, -0.1) is 0 Å². The summed E-state index contributed by atoms with van der Waals surface area (Å²) in [7, 11) is 4.12. The first kappa shape index (κ1) is 21.0. The third kappa shape index (κ3) is 4.32. The average Bonchev–Trinajstić information content (AvgIpc) is 3.12. The standard InChI is InChI=1S/C22H24N2O6/c1-28-17-10-14(11-18(29-2)21(17)26)15(12-19(25)30-3)20-16(23-24-22(20)27)9-13-7-5-4-6-8-13/h4-8,10-11,15,26H,9,12H2,1-3H3,(H2,23,24,27)/t15-/m0/s1. The summed E-state index contributed by atoms with van der Waals surface area (Å²) in [6.45, 7) is 0. The van der Waals surface area contributed by atoms with Crippen LogP contribution in [0.2, 0.25) is 0 Å². The Kier molecular flexibility index (Phi) is 6.46. The number of H-pyrrole nitrogens is 2. The van der Waals surface area contributed by atoms with Gasteiger partial charge in [0.25, 0.3) is 5.56 Å². The highest BCUT2D eigenvalue weighted by Crippen LogP contribution is 2.41. The van der Waals surface area contributed by atoms with Gasteiger partial charge in [-0.3, -0.25) is 14.7 Å². The molecule has 0 spiro atoms. The third-order valence-electron chi connectivity index (χ3n) is 4.97. The van der Waals surface area contributed by atoms with Crippen molar-refractivity contribution in [3.05, 3.63) is 75.2 Å². The second kappa shape index (κ2) is 9.21. The number of aromatic amines is 2. The van der Waals surface area contributed by atoms with Gasteiger partial charge in [0.15, 0.2) is 11.5 Å². The molecule has 0 unspecified atom stereocenters. The summed E-state index contributed by atoms with van der Waals surface area (Å²) in [5.41, 5.74) is 2.32. The van der Waals surface area contributed by atoms with Crippen LogP contribution < -0.4 is 15.0 Å². The van der Waals surface area contributed by atoms with E-state index >= 15 is 0 Å². The largest absolute Gasteiger partial charge is 0.502 e. The molecule has 0 saturated heterocycles. The van der Waals surface area contributed by atoms with E-state index in [9.17, 15) is 14.7 Å². The number of carbonyl (C=O) groups excluding carboxylic acids is 1. The first-order valence-electron chi connectivity index (χ1n) is 9.33. The molecule has 0 aliphatic rings. The molecule has 3 aromatic rings. The van der Waals surface area contributed by atoms with Gasteiger partial charge in [0.1, 0.15) is 0 Å². The number of phenolic OH excluding ortho intramolecular Hbond substituents is 1. The van der Waals surface area contributed by atoms with Gasteiger partial charge < -0.3 is 24.4 Å². The van der Waals surface area contributed by atoms with Gasteiger partial charge in [0.2, 0.25) is 5.75 Å². The van der Waals surface area contributed by atoms with Crippen LogP contribution in [-0.2, 0) is 16.0 Å². The SMILES string of the molecule is COC(=O)C[C@@H](c1cc(OC)c(O)c(OC)c1)c1c(Cc2ccccc2)[nH][nH]c1=O. The Bertz CT molecular complexity index is 1050. The molecule has 8 nitrogen and oxygen atoms in total. The Morgan fingerprint density at radius 3 is 2.23 bits per heavy atom. The molecule has 0 aliphatic heterocycles. The van der Waals surface area contributed by atoms with Crippen LogP contribution in [0.25, 0.3) is 0 Å². The molecule has 3 rings (SSSR count). The summed E-state index contributed by atoms with van der Waals surface area (Å²) in [6.07, 6.45) is 0.398. The molecule has 0 fully saturated rings. The van der Waals surface area contributed by atoms with Crippen molar-refractivity contribution in [1.82, 2.24) is 10.2 Å². The van der Waals surface area contributed by atoms with Crippen LogP contribution in [0.15, 0.2) is 47.3 Å². The number of hydrogen-bond acceptors (Lipinski definition) is 6. The minimum absolute atomic E-state index is 0.0731. The monoisotopic (exact) mass is 412 g/mol. The summed E-state index contributed by atoms with van der Waals surface area (Å²) in [4.78, 5) is 24.9. The Morgan fingerprint density at radius 2 is 1.67 bits per heavy atom. The quantitative estimate of drug-likeness (QED) is 0.490. The number of rotatable bonds is 8. The van der Waals surface area contributed by atoms with E-state index in [1.54, 1.807) is 12.1 Å². The number of methoxy groups -OCH3 is 3. The molecule has 1 aromatic heterocycles. The van der Waals surface area contributed by atoms with Crippen LogP contribution in [0.1, 0.15) is 34.7 Å². The van der Waals surface area contributed by atoms with Crippen molar-refractivity contribution in [2.45, 2.75) is 18.8 Å². The molecule has 1 atom stereocenters. The molecular formula is C22H24N2O6. The number of ether oxygens (including phenoxy) is 3. The molecule has 8 heteroatoms. The van der Waals surface area contributed by atoms with Crippen molar-refractivity contribution >= 4 is 5.97 Å². The van der Waals surface area contributed by atoms with Gasteiger partial charge in [0.05, 0.1) is 27.8 Å². The summed E-state index contributed by atoms with van der Waals surface area (Å²) >= 11 is 0. The maximum atomic E-state index is 12.7. The highest BCUT2D eigenvalue weighted by Gasteiger charge is 2.28. The molecule has 3 N–H and O–H groups in total. The van der Waals surface area contributed by atoms with Gasteiger partial charge in [-0.25, -0.2) is 0 Å². The zero-order valence-electron chi connectivity index (χ0n) is 17.0. The summed E-state index contributed by atoms with van der Waals surface area (Å²) < 4.78 is 15.3. The Morgan fingerprint density at radius 1 is 1.03 bits per heavy atom. The Balaban J connectivity index is 2.14. The molecule has 0 bridgehead atoms. The lowest BCUT2D eigenvalue weighted by Gasteiger charge is -2.19. The van der Waals surface area contributed by atoms with E-state index in [4.69, 9.17) is 14.2 Å². The fourth-order valence-electron chi connectivity index (χ4n) is 3.46. The fourth-order valence-corrected chi connectivity index (χ4v) is 3.46. The molecule has 1 heterocycles. The smallest absolute Gasteiger partial charge is 0.306 e. The van der Waals surface area contributed by atoms with Crippen molar-refractivity contribution in [2.24, 2.45) is 0 Å². The second-order valence-corrected chi connectivity index (χ2v) is 6.74. The molecule has 0 aliphatic carbocycles. The van der Waals surface area contributed by atoms with Crippen LogP contribution in [-0.4, -0.2) is 42.6 Å². The molecule has 0 saturated carbocycles. The first-order chi connectivity index (χ1) is 14.5. The molecule has 30 heavy (non-hydrogen) atoms. The molecule has 0 radical (unpaired) electrons. The molecule has 158 valence electrons. The van der Waals surface area contributed by atoms with E-state index < -0.39 is 11.9 Å². The van der Waals surface area contributed by atoms with E-state index in [1.165, 1.54) is 21.3 Å². The maximum Gasteiger partial charge on any atom is 0.306 e. The number of esters is 1. The number of aromatic nitrogens is 2. The maximum absolute atomic E-state index is 12.7. The van der Waals surface area contributed by atoms with E-state index in [1.807, 2.05) is 30.3 Å². The summed E-state index contributed by atoms with van der Waals surface area (Å²) in [5, 5.41) is 15.8. The van der Waals surface area contributed by atoms with Crippen molar-refractivity contribution in [2.75, 3.05) is 21.3 Å². The van der Waals surface area contributed by atoms with Gasteiger partial charge in [-0.2, -0.15) is 0 Å². The van der Waals surface area contributed by atoms with Crippen LogP contribution in [0.5, 0.6) is 17.2 Å². The minimum atomic E-state index is -0.644. The van der Waals surface area contributed by atoms with Gasteiger partial charge in [-0.1, -0.05) is 30.3 Å². The first-order valence-corrected chi connectivity index (χ1v) is 9.33. The number of hydrogen-bond donors (Lipinski definition) is 3. The van der Waals surface area contributed by atoms with E-state index in [0.29, 0.717) is 23.2 Å². The number of aromatic hydroxyl groups is 1. The molecule has 0 amide bonds. The average molecular weight is 412 g/mol. The summed E-state index contributed by atoms with van der Waals surface area (Å²) in [6, 6.07) is 12.8. The van der Waals surface area contributed by atoms with Crippen LogP contribution in [0.4, 0.5) is 0 Å². The number of nitrogens with one attached hydrogen (secondary N) is 2. The van der Waals surface area contributed by atoms with Crippen molar-refractivity contribution in [3.8, 4) is 17.2 Å². The Hall–Kier alpha value is -3.68. The normalized spacial score (nSPS) is 11.7. The van der Waals surface area contributed by atoms with Crippen molar-refractivity contribution in [1.29, 1.82) is 0 Å². The van der Waals surface area contributed by atoms with Crippen LogP contribution >= 0.6 is 0 Å². The number of phenols is 1. The van der Waals surface area contributed by atoms with Gasteiger partial charge in [0, 0.05) is 23.6 Å². The topological polar surface area (TPSA) is 114 Å². The Labute approximate surface area is 173 Å². The third-order valence-corrected chi connectivity index (χ3v) is 4.97. The predicted molar refractivity (Wildman–Crippen MR) is 110 cm³/mol. The van der Waals surface area contributed by atoms with Gasteiger partial charge in [-0.05, 0) is 23.3 Å². The highest BCUT2D eigenvalue weighted by molar-refractivity contribution is 5.72. The minimum Gasteiger partial charge on any atom is -0.502 e. The molecular weight excluding hydrogens is 388 g/mol. The zero-order valence-corrected chi connectivity index (χ0v) is 17.0.